The van der Waals surface area contributed by atoms with Crippen molar-refractivity contribution in [3.63, 3.8) is 0 Å². The molecule has 0 unspecified atom stereocenters. The number of phenolic OH excluding ortho intramolecular Hbond substituents is 1. The summed E-state index contributed by atoms with van der Waals surface area (Å²) in [6.45, 7) is 5.76. The largest absolute Gasteiger partial charge is 0.507 e. The average molecular weight is 374 g/mol. The van der Waals surface area contributed by atoms with Crippen LogP contribution in [0.2, 0.25) is 0 Å². The highest BCUT2D eigenvalue weighted by molar-refractivity contribution is 5.92. The van der Waals surface area contributed by atoms with Crippen LogP contribution in [0.3, 0.4) is 0 Å². The van der Waals surface area contributed by atoms with E-state index in [9.17, 15) is 5.11 Å². The molecule has 0 saturated carbocycles. The number of benzene rings is 1. The Balaban J connectivity index is 1.58. The SMILES string of the molecule is Cc1c(O)c(-c2cc3ccc(N4CCNCC4)nc3cn2)cc2cn(C)nc12. The lowest BCUT2D eigenvalue weighted by Crippen LogP contribution is -2.43. The molecule has 28 heavy (non-hydrogen) atoms. The molecule has 3 aromatic heterocycles. The number of piperazine rings is 1. The highest BCUT2D eigenvalue weighted by Gasteiger charge is 2.16. The van der Waals surface area contributed by atoms with E-state index in [-0.39, 0.29) is 5.75 Å². The molecule has 1 fully saturated rings. The summed E-state index contributed by atoms with van der Waals surface area (Å²) >= 11 is 0. The molecule has 4 aromatic rings. The Morgan fingerprint density at radius 1 is 1.11 bits per heavy atom. The highest BCUT2D eigenvalue weighted by atomic mass is 16.3. The van der Waals surface area contributed by atoms with Gasteiger partial charge >= 0.3 is 0 Å². The van der Waals surface area contributed by atoms with E-state index in [4.69, 9.17) is 4.98 Å². The maximum absolute atomic E-state index is 10.7. The van der Waals surface area contributed by atoms with Crippen LogP contribution in [0.15, 0.2) is 36.7 Å². The minimum atomic E-state index is 0.225. The zero-order valence-corrected chi connectivity index (χ0v) is 16.0. The third-order valence-electron chi connectivity index (χ3n) is 5.40. The Hall–Kier alpha value is -3.19. The van der Waals surface area contributed by atoms with Crippen LogP contribution in [0.1, 0.15) is 5.56 Å². The summed E-state index contributed by atoms with van der Waals surface area (Å²) in [5.74, 6) is 1.21. The number of nitrogens with one attached hydrogen (secondary N) is 1. The number of rotatable bonds is 2. The summed E-state index contributed by atoms with van der Waals surface area (Å²) < 4.78 is 1.76. The number of fused-ring (bicyclic) bond motifs is 2. The molecule has 0 amide bonds. The number of hydrogen-bond donors (Lipinski definition) is 2. The van der Waals surface area contributed by atoms with Gasteiger partial charge in [0, 0.05) is 61.3 Å². The van der Waals surface area contributed by atoms with Crippen LogP contribution < -0.4 is 10.2 Å². The highest BCUT2D eigenvalue weighted by Crippen LogP contribution is 2.36. The number of anilines is 1. The van der Waals surface area contributed by atoms with Gasteiger partial charge in [-0.05, 0) is 31.2 Å². The van der Waals surface area contributed by atoms with E-state index in [1.807, 2.05) is 32.3 Å². The van der Waals surface area contributed by atoms with Gasteiger partial charge in [-0.15, -0.1) is 0 Å². The molecule has 0 radical (unpaired) electrons. The van der Waals surface area contributed by atoms with Crippen LogP contribution in [0.25, 0.3) is 33.1 Å². The minimum Gasteiger partial charge on any atom is -0.507 e. The van der Waals surface area contributed by atoms with E-state index in [0.29, 0.717) is 5.56 Å². The molecule has 0 atom stereocenters. The van der Waals surface area contributed by atoms with Gasteiger partial charge < -0.3 is 15.3 Å². The molecule has 1 aliphatic heterocycles. The molecular weight excluding hydrogens is 352 g/mol. The molecule has 2 N–H and O–H groups in total. The first kappa shape index (κ1) is 16.9. The second kappa shape index (κ2) is 6.45. The van der Waals surface area contributed by atoms with Crippen molar-refractivity contribution in [2.75, 3.05) is 31.1 Å². The Kier molecular flexibility index (Phi) is 3.91. The van der Waals surface area contributed by atoms with Crippen molar-refractivity contribution in [3.8, 4) is 17.0 Å². The lowest BCUT2D eigenvalue weighted by atomic mass is 10.0. The quantitative estimate of drug-likeness (QED) is 0.562. The van der Waals surface area contributed by atoms with Gasteiger partial charge in [-0.3, -0.25) is 9.67 Å². The van der Waals surface area contributed by atoms with Crippen molar-refractivity contribution in [2.24, 2.45) is 7.05 Å². The molecule has 1 saturated heterocycles. The van der Waals surface area contributed by atoms with Crippen molar-refractivity contribution in [1.29, 1.82) is 0 Å². The Morgan fingerprint density at radius 2 is 1.93 bits per heavy atom. The van der Waals surface area contributed by atoms with Crippen LogP contribution in [0, 0.1) is 6.92 Å². The molecule has 7 nitrogen and oxygen atoms in total. The summed E-state index contributed by atoms with van der Waals surface area (Å²) in [5, 5.41) is 20.5. The van der Waals surface area contributed by atoms with Gasteiger partial charge in [-0.2, -0.15) is 5.10 Å². The van der Waals surface area contributed by atoms with Gasteiger partial charge in [0.1, 0.15) is 11.6 Å². The van der Waals surface area contributed by atoms with Crippen molar-refractivity contribution in [2.45, 2.75) is 6.92 Å². The van der Waals surface area contributed by atoms with Crippen molar-refractivity contribution < 1.29 is 5.11 Å². The maximum Gasteiger partial charge on any atom is 0.130 e. The first-order valence-corrected chi connectivity index (χ1v) is 9.49. The van der Waals surface area contributed by atoms with Gasteiger partial charge in [0.2, 0.25) is 0 Å². The van der Waals surface area contributed by atoms with Gasteiger partial charge in [-0.25, -0.2) is 4.98 Å². The van der Waals surface area contributed by atoms with E-state index in [2.05, 4.69) is 32.4 Å². The summed E-state index contributed by atoms with van der Waals surface area (Å²) in [7, 11) is 1.88. The number of pyridine rings is 2. The molecule has 0 bridgehead atoms. The number of phenols is 1. The van der Waals surface area contributed by atoms with Crippen LogP contribution in [-0.4, -0.2) is 51.0 Å². The molecule has 5 rings (SSSR count). The smallest absolute Gasteiger partial charge is 0.130 e. The molecule has 0 aliphatic carbocycles. The summed E-state index contributed by atoms with van der Waals surface area (Å²) in [6.07, 6.45) is 3.74. The molecular formula is C21H22N6O. The predicted molar refractivity (Wildman–Crippen MR) is 111 cm³/mol. The normalized spacial score (nSPS) is 14.9. The minimum absolute atomic E-state index is 0.225. The Bertz CT molecular complexity index is 1190. The van der Waals surface area contributed by atoms with Crippen molar-refractivity contribution in [3.05, 3.63) is 42.2 Å². The number of hydrogen-bond acceptors (Lipinski definition) is 6. The summed E-state index contributed by atoms with van der Waals surface area (Å²) in [5.41, 5.74) is 3.88. The van der Waals surface area contributed by atoms with E-state index < -0.39 is 0 Å². The van der Waals surface area contributed by atoms with E-state index in [1.54, 1.807) is 10.9 Å². The lowest BCUT2D eigenvalue weighted by molar-refractivity contribution is 0.474. The third kappa shape index (κ3) is 2.75. The maximum atomic E-state index is 10.7. The Labute approximate surface area is 162 Å². The molecule has 4 heterocycles. The topological polar surface area (TPSA) is 79.1 Å². The molecule has 7 heteroatoms. The molecule has 1 aromatic carbocycles. The van der Waals surface area contributed by atoms with Gasteiger partial charge in [0.15, 0.2) is 0 Å². The summed E-state index contributed by atoms with van der Waals surface area (Å²) in [6, 6.07) is 8.08. The Morgan fingerprint density at radius 3 is 2.75 bits per heavy atom. The number of aromatic hydroxyl groups is 1. The number of aryl methyl sites for hydroxylation is 2. The zero-order valence-electron chi connectivity index (χ0n) is 16.0. The average Bonchev–Trinajstić information content (AvgIpc) is 3.11. The van der Waals surface area contributed by atoms with Crippen LogP contribution >= 0.6 is 0 Å². The summed E-state index contributed by atoms with van der Waals surface area (Å²) in [4.78, 5) is 11.7. The van der Waals surface area contributed by atoms with Crippen LogP contribution in [0.4, 0.5) is 5.82 Å². The molecule has 1 aliphatic rings. The third-order valence-corrected chi connectivity index (χ3v) is 5.40. The van der Waals surface area contributed by atoms with Crippen molar-refractivity contribution >= 4 is 27.6 Å². The van der Waals surface area contributed by atoms with Gasteiger partial charge in [0.05, 0.1) is 22.9 Å². The first-order chi connectivity index (χ1) is 13.6. The standard InChI is InChI=1S/C21H22N6O/c1-13-20-15(12-26(2)25-20)9-16(21(13)28)17-10-14-3-4-19(24-18(14)11-23-17)27-7-5-22-6-8-27/h3-4,9-12,22,28H,5-8H2,1-2H3. The van der Waals surface area contributed by atoms with Crippen LogP contribution in [0.5, 0.6) is 5.75 Å². The molecule has 142 valence electrons. The first-order valence-electron chi connectivity index (χ1n) is 9.49. The van der Waals surface area contributed by atoms with Gasteiger partial charge in [0.25, 0.3) is 0 Å². The lowest BCUT2D eigenvalue weighted by Gasteiger charge is -2.28. The van der Waals surface area contributed by atoms with Crippen LogP contribution in [-0.2, 0) is 7.05 Å². The second-order valence-corrected chi connectivity index (χ2v) is 7.31. The fourth-order valence-electron chi connectivity index (χ4n) is 3.87. The van der Waals surface area contributed by atoms with E-state index in [1.165, 1.54) is 0 Å². The molecule has 0 spiro atoms. The fraction of sp³-hybridized carbons (Fsp3) is 0.286. The van der Waals surface area contributed by atoms with Gasteiger partial charge in [-0.1, -0.05) is 0 Å². The fourth-order valence-corrected chi connectivity index (χ4v) is 3.87. The monoisotopic (exact) mass is 374 g/mol. The van der Waals surface area contributed by atoms with E-state index in [0.717, 1.165) is 65.1 Å². The number of nitrogens with zero attached hydrogens (tertiary/aromatic N) is 5. The predicted octanol–water partition coefficient (Wildman–Crippen LogP) is 2.61. The van der Waals surface area contributed by atoms with Crippen molar-refractivity contribution in [1.82, 2.24) is 25.1 Å². The number of aromatic nitrogens is 4. The second-order valence-electron chi connectivity index (χ2n) is 7.31. The van der Waals surface area contributed by atoms with E-state index >= 15 is 0 Å². The zero-order chi connectivity index (χ0) is 19.3.